The van der Waals surface area contributed by atoms with E-state index >= 15 is 0 Å². The molecule has 1 fully saturated rings. The first-order valence-corrected chi connectivity index (χ1v) is 8.90. The second-order valence-electron chi connectivity index (χ2n) is 6.85. The van der Waals surface area contributed by atoms with Crippen molar-refractivity contribution in [3.63, 3.8) is 0 Å². The van der Waals surface area contributed by atoms with Gasteiger partial charge in [-0.25, -0.2) is 0 Å². The van der Waals surface area contributed by atoms with Crippen molar-refractivity contribution >= 4 is 45.9 Å². The van der Waals surface area contributed by atoms with Crippen molar-refractivity contribution in [2.75, 3.05) is 13.1 Å². The second-order valence-corrected chi connectivity index (χ2v) is 7.29. The van der Waals surface area contributed by atoms with Crippen LogP contribution in [0.5, 0.6) is 0 Å². The van der Waals surface area contributed by atoms with E-state index in [0.29, 0.717) is 27.0 Å². The van der Waals surface area contributed by atoms with Gasteiger partial charge in [-0.3, -0.25) is 9.69 Å². The molecule has 138 valence electrons. The van der Waals surface area contributed by atoms with E-state index in [0.717, 1.165) is 25.2 Å². The molecule has 2 unspecified atom stereocenters. The minimum Gasteiger partial charge on any atom is -0.456 e. The summed E-state index contributed by atoms with van der Waals surface area (Å²) in [6, 6.07) is 11.0. The molecule has 0 aliphatic carbocycles. The maximum Gasteiger partial charge on any atom is 0.200 e. The summed E-state index contributed by atoms with van der Waals surface area (Å²) in [4.78, 5) is 15.2. The van der Waals surface area contributed by atoms with Crippen molar-refractivity contribution in [3.05, 3.63) is 57.2 Å². The number of benzene rings is 2. The highest BCUT2D eigenvalue weighted by molar-refractivity contribution is 6.31. The number of hydrogen-bond donors (Lipinski definition) is 0. The summed E-state index contributed by atoms with van der Waals surface area (Å²) in [6.45, 7) is 6.77. The molecule has 6 heteroatoms. The minimum atomic E-state index is -0.0153. The van der Waals surface area contributed by atoms with Gasteiger partial charge in [0.2, 0.25) is 5.43 Å². The SMILES string of the molecule is CC1CN(Cc2ccc3oc4cc(Cl)ccc4c(=O)c3c2)CC(C)O1.Cl. The van der Waals surface area contributed by atoms with Gasteiger partial charge in [0.15, 0.2) is 0 Å². The van der Waals surface area contributed by atoms with Crippen LogP contribution in [-0.2, 0) is 11.3 Å². The van der Waals surface area contributed by atoms with Crippen LogP contribution in [0.4, 0.5) is 0 Å². The molecular weight excluding hydrogens is 373 g/mol. The lowest BCUT2D eigenvalue weighted by molar-refractivity contribution is -0.0704. The van der Waals surface area contributed by atoms with Crippen LogP contribution < -0.4 is 5.43 Å². The van der Waals surface area contributed by atoms with E-state index in [-0.39, 0.29) is 30.0 Å². The fraction of sp³-hybridized carbons (Fsp3) is 0.350. The normalized spacial score (nSPS) is 21.0. The summed E-state index contributed by atoms with van der Waals surface area (Å²) >= 11 is 6.00. The van der Waals surface area contributed by atoms with Crippen molar-refractivity contribution in [2.45, 2.75) is 32.6 Å². The molecule has 1 aliphatic heterocycles. The molecule has 2 aromatic carbocycles. The summed E-state index contributed by atoms with van der Waals surface area (Å²) in [5, 5.41) is 1.73. The number of halogens is 2. The van der Waals surface area contributed by atoms with Gasteiger partial charge >= 0.3 is 0 Å². The maximum atomic E-state index is 12.8. The Balaban J connectivity index is 0.00000196. The van der Waals surface area contributed by atoms with E-state index in [1.165, 1.54) is 0 Å². The van der Waals surface area contributed by atoms with Gasteiger partial charge < -0.3 is 9.15 Å². The molecule has 2 heterocycles. The molecule has 0 bridgehead atoms. The first-order chi connectivity index (χ1) is 12.0. The molecular formula is C20H21Cl2NO3. The quantitative estimate of drug-likeness (QED) is 0.595. The third-order valence-electron chi connectivity index (χ3n) is 4.60. The smallest absolute Gasteiger partial charge is 0.200 e. The molecule has 1 aliphatic rings. The fourth-order valence-electron chi connectivity index (χ4n) is 3.65. The Kier molecular flexibility index (Phi) is 5.58. The van der Waals surface area contributed by atoms with Gasteiger partial charge in [-0.2, -0.15) is 0 Å². The average Bonchev–Trinajstić information content (AvgIpc) is 2.54. The molecule has 0 radical (unpaired) electrons. The van der Waals surface area contributed by atoms with Gasteiger partial charge in [0, 0.05) is 30.7 Å². The molecule has 4 rings (SSSR count). The van der Waals surface area contributed by atoms with E-state index in [1.807, 2.05) is 18.2 Å². The van der Waals surface area contributed by atoms with Crippen molar-refractivity contribution in [1.29, 1.82) is 0 Å². The Morgan fingerprint density at radius 3 is 2.50 bits per heavy atom. The predicted octanol–water partition coefficient (Wildman–Crippen LogP) is 4.63. The Labute approximate surface area is 163 Å². The zero-order valence-electron chi connectivity index (χ0n) is 14.7. The standard InChI is InChI=1S/C20H20ClNO3.ClH/c1-12-9-22(10-13(2)24-12)11-14-3-6-18-17(7-14)20(23)16-5-4-15(21)8-19(16)25-18;/h3-8,12-13H,9-11H2,1-2H3;1H. The maximum absolute atomic E-state index is 12.8. The summed E-state index contributed by atoms with van der Waals surface area (Å²) in [7, 11) is 0. The Hall–Kier alpha value is -1.59. The van der Waals surface area contributed by atoms with Crippen LogP contribution in [0.15, 0.2) is 45.6 Å². The molecule has 1 aromatic heterocycles. The number of morpholine rings is 1. The Morgan fingerprint density at radius 1 is 1.04 bits per heavy atom. The molecule has 3 aromatic rings. The summed E-state index contributed by atoms with van der Waals surface area (Å²) in [6.07, 6.45) is 0.450. The zero-order valence-corrected chi connectivity index (χ0v) is 16.3. The predicted molar refractivity (Wildman–Crippen MR) is 108 cm³/mol. The van der Waals surface area contributed by atoms with Crippen molar-refractivity contribution < 1.29 is 9.15 Å². The van der Waals surface area contributed by atoms with Crippen LogP contribution in [0.25, 0.3) is 21.9 Å². The average molecular weight is 394 g/mol. The number of nitrogens with zero attached hydrogens (tertiary/aromatic N) is 1. The van der Waals surface area contributed by atoms with Gasteiger partial charge in [-0.15, -0.1) is 12.4 Å². The van der Waals surface area contributed by atoms with Crippen molar-refractivity contribution in [1.82, 2.24) is 4.90 Å². The lowest BCUT2D eigenvalue weighted by Gasteiger charge is -2.35. The molecule has 0 saturated carbocycles. The molecule has 0 N–H and O–H groups in total. The van der Waals surface area contributed by atoms with Gasteiger partial charge in [-0.1, -0.05) is 17.7 Å². The lowest BCUT2D eigenvalue weighted by Crippen LogP contribution is -2.44. The molecule has 4 nitrogen and oxygen atoms in total. The van der Waals surface area contributed by atoms with E-state index in [2.05, 4.69) is 18.7 Å². The van der Waals surface area contributed by atoms with Gasteiger partial charge in [0.05, 0.1) is 23.0 Å². The highest BCUT2D eigenvalue weighted by atomic mass is 35.5. The van der Waals surface area contributed by atoms with Crippen LogP contribution in [0.1, 0.15) is 19.4 Å². The van der Waals surface area contributed by atoms with Crippen LogP contribution >= 0.6 is 24.0 Å². The summed E-state index contributed by atoms with van der Waals surface area (Å²) in [5.41, 5.74) is 2.20. The second kappa shape index (κ2) is 7.57. The largest absolute Gasteiger partial charge is 0.456 e. The highest BCUT2D eigenvalue weighted by Gasteiger charge is 2.22. The van der Waals surface area contributed by atoms with Crippen LogP contribution in [-0.4, -0.2) is 30.2 Å². The van der Waals surface area contributed by atoms with E-state index in [9.17, 15) is 4.79 Å². The monoisotopic (exact) mass is 393 g/mol. The fourth-order valence-corrected chi connectivity index (χ4v) is 3.81. The van der Waals surface area contributed by atoms with Crippen LogP contribution in [0.2, 0.25) is 5.02 Å². The first-order valence-electron chi connectivity index (χ1n) is 8.52. The van der Waals surface area contributed by atoms with Crippen LogP contribution in [0, 0.1) is 0 Å². The summed E-state index contributed by atoms with van der Waals surface area (Å²) < 4.78 is 11.7. The molecule has 0 amide bonds. The topological polar surface area (TPSA) is 42.7 Å². The van der Waals surface area contributed by atoms with E-state index in [1.54, 1.807) is 18.2 Å². The van der Waals surface area contributed by atoms with Gasteiger partial charge in [-0.05, 0) is 43.7 Å². The van der Waals surface area contributed by atoms with Crippen molar-refractivity contribution in [3.8, 4) is 0 Å². The highest BCUT2D eigenvalue weighted by Crippen LogP contribution is 2.23. The zero-order chi connectivity index (χ0) is 17.6. The molecule has 26 heavy (non-hydrogen) atoms. The number of rotatable bonds is 2. The number of ether oxygens (including phenoxy) is 1. The minimum absolute atomic E-state index is 0. The molecule has 0 spiro atoms. The number of hydrogen-bond acceptors (Lipinski definition) is 4. The number of fused-ring (bicyclic) bond motifs is 2. The summed E-state index contributed by atoms with van der Waals surface area (Å²) in [5.74, 6) is 0. The third kappa shape index (κ3) is 3.74. The van der Waals surface area contributed by atoms with E-state index in [4.69, 9.17) is 20.8 Å². The molecule has 2 atom stereocenters. The first kappa shape index (κ1) is 19.2. The van der Waals surface area contributed by atoms with Crippen LogP contribution in [0.3, 0.4) is 0 Å². The lowest BCUT2D eigenvalue weighted by atomic mass is 10.1. The van der Waals surface area contributed by atoms with E-state index < -0.39 is 0 Å². The van der Waals surface area contributed by atoms with Crippen molar-refractivity contribution in [2.24, 2.45) is 0 Å². The Morgan fingerprint density at radius 2 is 1.77 bits per heavy atom. The third-order valence-corrected chi connectivity index (χ3v) is 4.83. The van der Waals surface area contributed by atoms with Gasteiger partial charge in [0.1, 0.15) is 11.2 Å². The van der Waals surface area contributed by atoms with Gasteiger partial charge in [0.25, 0.3) is 0 Å². The molecule has 1 saturated heterocycles. The Bertz CT molecular complexity index is 991.